The van der Waals surface area contributed by atoms with Crippen LogP contribution >= 0.6 is 15.9 Å². The molecule has 0 atom stereocenters. The topological polar surface area (TPSA) is 29.5 Å². The summed E-state index contributed by atoms with van der Waals surface area (Å²) in [7, 11) is 0. The van der Waals surface area contributed by atoms with Gasteiger partial charge in [-0.15, -0.1) is 0 Å². The third-order valence-electron chi connectivity index (χ3n) is 3.07. The molecule has 17 heavy (non-hydrogen) atoms. The van der Waals surface area contributed by atoms with Crippen molar-refractivity contribution in [1.29, 1.82) is 0 Å². The average Bonchev–Trinajstić information content (AvgIpc) is 2.28. The normalized spacial score (nSPS) is 19.1. The van der Waals surface area contributed by atoms with E-state index in [0.717, 1.165) is 36.2 Å². The van der Waals surface area contributed by atoms with E-state index < -0.39 is 0 Å². The molecule has 1 saturated heterocycles. The molecule has 0 unspecified atom stereocenters. The number of ether oxygens (including phenoxy) is 1. The molecule has 0 aromatic heterocycles. The highest BCUT2D eigenvalue weighted by Gasteiger charge is 2.30. The predicted octanol–water partition coefficient (Wildman–Crippen LogP) is 2.88. The minimum Gasteiger partial charge on any atom is -0.377 e. The highest BCUT2D eigenvalue weighted by atomic mass is 79.9. The minimum atomic E-state index is -0.0135. The van der Waals surface area contributed by atoms with Crippen molar-refractivity contribution in [2.75, 3.05) is 24.7 Å². The van der Waals surface area contributed by atoms with Crippen molar-refractivity contribution in [3.8, 4) is 0 Å². The van der Waals surface area contributed by atoms with Crippen LogP contribution in [-0.4, -0.2) is 31.6 Å². The van der Waals surface area contributed by atoms with Gasteiger partial charge in [-0.3, -0.25) is 4.79 Å². The summed E-state index contributed by atoms with van der Waals surface area (Å²) in [5.74, 6) is 0. The van der Waals surface area contributed by atoms with Gasteiger partial charge in [0, 0.05) is 22.3 Å². The number of rotatable bonds is 2. The van der Waals surface area contributed by atoms with Crippen LogP contribution in [0.1, 0.15) is 24.2 Å². The first-order valence-electron chi connectivity index (χ1n) is 5.65. The molecule has 0 aliphatic carbocycles. The maximum absolute atomic E-state index is 10.8. The molecule has 0 N–H and O–H groups in total. The number of carbonyl (C=O) groups excluding carboxylic acids is 1. The monoisotopic (exact) mass is 297 g/mol. The van der Waals surface area contributed by atoms with E-state index in [1.54, 1.807) is 0 Å². The lowest BCUT2D eigenvalue weighted by Gasteiger charge is -2.44. The fourth-order valence-electron chi connectivity index (χ4n) is 2.12. The van der Waals surface area contributed by atoms with Gasteiger partial charge in [0.25, 0.3) is 0 Å². The number of halogens is 1. The van der Waals surface area contributed by atoms with Crippen LogP contribution in [0, 0.1) is 0 Å². The molecule has 1 aliphatic heterocycles. The summed E-state index contributed by atoms with van der Waals surface area (Å²) in [6, 6.07) is 5.83. The van der Waals surface area contributed by atoms with Crippen molar-refractivity contribution in [3.05, 3.63) is 28.2 Å². The quantitative estimate of drug-likeness (QED) is 0.786. The molecule has 1 aliphatic rings. The van der Waals surface area contributed by atoms with Gasteiger partial charge >= 0.3 is 0 Å². The predicted molar refractivity (Wildman–Crippen MR) is 71.8 cm³/mol. The summed E-state index contributed by atoms with van der Waals surface area (Å²) in [6.07, 6.45) is 0.859. The molecule has 1 heterocycles. The van der Waals surface area contributed by atoms with Crippen molar-refractivity contribution in [3.63, 3.8) is 0 Å². The van der Waals surface area contributed by atoms with Crippen LogP contribution in [0.5, 0.6) is 0 Å². The third kappa shape index (κ3) is 2.53. The van der Waals surface area contributed by atoms with Crippen LogP contribution in [0.15, 0.2) is 22.7 Å². The second-order valence-corrected chi connectivity index (χ2v) is 5.69. The molecule has 92 valence electrons. The molecule has 0 radical (unpaired) electrons. The lowest BCUT2D eigenvalue weighted by molar-refractivity contribution is 0.0644. The van der Waals surface area contributed by atoms with Gasteiger partial charge in [-0.1, -0.05) is 0 Å². The molecule has 1 fully saturated rings. The maximum Gasteiger partial charge on any atom is 0.151 e. The number of morpholine rings is 1. The first-order valence-corrected chi connectivity index (χ1v) is 6.44. The summed E-state index contributed by atoms with van der Waals surface area (Å²) in [6.45, 7) is 6.66. The van der Waals surface area contributed by atoms with Gasteiger partial charge in [-0.05, 0) is 48.0 Å². The number of hydrogen-bond acceptors (Lipinski definition) is 3. The lowest BCUT2D eigenvalue weighted by Crippen LogP contribution is -2.53. The van der Waals surface area contributed by atoms with E-state index in [2.05, 4.69) is 34.7 Å². The zero-order valence-corrected chi connectivity index (χ0v) is 11.7. The Balaban J connectivity index is 2.33. The second kappa shape index (κ2) is 4.78. The van der Waals surface area contributed by atoms with Gasteiger partial charge < -0.3 is 9.64 Å². The molecule has 0 amide bonds. The highest BCUT2D eigenvalue weighted by Crippen LogP contribution is 2.30. The zero-order valence-electron chi connectivity index (χ0n) is 10.1. The number of aldehydes is 1. The third-order valence-corrected chi connectivity index (χ3v) is 3.75. The van der Waals surface area contributed by atoms with E-state index in [1.165, 1.54) is 0 Å². The van der Waals surface area contributed by atoms with Crippen molar-refractivity contribution in [2.24, 2.45) is 0 Å². The lowest BCUT2D eigenvalue weighted by atomic mass is 10.0. The molecule has 0 saturated carbocycles. The Morgan fingerprint density at radius 3 is 2.82 bits per heavy atom. The van der Waals surface area contributed by atoms with Crippen molar-refractivity contribution >= 4 is 27.9 Å². The zero-order chi connectivity index (χ0) is 12.5. The van der Waals surface area contributed by atoms with Crippen LogP contribution in [0.2, 0.25) is 0 Å². The first kappa shape index (κ1) is 12.6. The second-order valence-electron chi connectivity index (χ2n) is 4.84. The Morgan fingerprint density at radius 1 is 1.47 bits per heavy atom. The number of anilines is 1. The highest BCUT2D eigenvalue weighted by molar-refractivity contribution is 9.10. The molecule has 3 nitrogen and oxygen atoms in total. The Bertz CT molecular complexity index is 431. The fourth-order valence-corrected chi connectivity index (χ4v) is 2.58. The molecular formula is C13H16BrNO2. The molecule has 1 aromatic rings. The van der Waals surface area contributed by atoms with Gasteiger partial charge in [0.15, 0.2) is 6.29 Å². The number of hydrogen-bond donors (Lipinski definition) is 0. The Labute approximate surface area is 110 Å². The number of carbonyl (C=O) groups is 1. The van der Waals surface area contributed by atoms with Gasteiger partial charge in [0.1, 0.15) is 0 Å². The Hall–Kier alpha value is -0.870. The summed E-state index contributed by atoms with van der Waals surface area (Å²) in [5.41, 5.74) is 1.79. The molecule has 0 spiro atoms. The standard InChI is InChI=1S/C13H16BrNO2/c1-13(2)9-17-6-5-15(13)11-4-3-10(8-16)12(14)7-11/h3-4,7-8H,5-6,9H2,1-2H3. The van der Waals surface area contributed by atoms with Gasteiger partial charge in [0.05, 0.1) is 18.8 Å². The molecule has 0 bridgehead atoms. The van der Waals surface area contributed by atoms with E-state index in [0.29, 0.717) is 5.56 Å². The van der Waals surface area contributed by atoms with E-state index in [1.807, 2.05) is 18.2 Å². The number of nitrogens with zero attached hydrogens (tertiary/aromatic N) is 1. The van der Waals surface area contributed by atoms with Crippen molar-refractivity contribution < 1.29 is 9.53 Å². The van der Waals surface area contributed by atoms with Crippen molar-refractivity contribution in [1.82, 2.24) is 0 Å². The summed E-state index contributed by atoms with van der Waals surface area (Å²) < 4.78 is 6.34. The largest absolute Gasteiger partial charge is 0.377 e. The van der Waals surface area contributed by atoms with Gasteiger partial charge in [-0.2, -0.15) is 0 Å². The fraction of sp³-hybridized carbons (Fsp3) is 0.462. The molecule has 4 heteroatoms. The summed E-state index contributed by atoms with van der Waals surface area (Å²) in [4.78, 5) is 13.1. The molecule has 2 rings (SSSR count). The van der Waals surface area contributed by atoms with E-state index in [-0.39, 0.29) is 5.54 Å². The summed E-state index contributed by atoms with van der Waals surface area (Å²) in [5, 5.41) is 0. The minimum absolute atomic E-state index is 0.0135. The van der Waals surface area contributed by atoms with Crippen LogP contribution < -0.4 is 4.90 Å². The first-order chi connectivity index (χ1) is 8.04. The van der Waals surface area contributed by atoms with E-state index in [4.69, 9.17) is 4.74 Å². The number of benzene rings is 1. The van der Waals surface area contributed by atoms with Crippen LogP contribution in [0.25, 0.3) is 0 Å². The smallest absolute Gasteiger partial charge is 0.151 e. The Morgan fingerprint density at radius 2 is 2.24 bits per heavy atom. The van der Waals surface area contributed by atoms with Crippen LogP contribution in [-0.2, 0) is 4.74 Å². The van der Waals surface area contributed by atoms with Crippen molar-refractivity contribution in [2.45, 2.75) is 19.4 Å². The summed E-state index contributed by atoms with van der Waals surface area (Å²) >= 11 is 3.42. The van der Waals surface area contributed by atoms with Gasteiger partial charge in [-0.25, -0.2) is 0 Å². The van der Waals surface area contributed by atoms with E-state index >= 15 is 0 Å². The SMILES string of the molecule is CC1(C)COCCN1c1ccc(C=O)c(Br)c1. The Kier molecular flexibility index (Phi) is 3.54. The van der Waals surface area contributed by atoms with E-state index in [9.17, 15) is 4.79 Å². The van der Waals surface area contributed by atoms with Crippen LogP contribution in [0.3, 0.4) is 0 Å². The van der Waals surface area contributed by atoms with Gasteiger partial charge in [0.2, 0.25) is 0 Å². The molecule has 1 aromatic carbocycles. The van der Waals surface area contributed by atoms with Crippen LogP contribution in [0.4, 0.5) is 5.69 Å². The average molecular weight is 298 g/mol. The maximum atomic E-state index is 10.8. The molecular weight excluding hydrogens is 282 g/mol.